The number of likely N-dealkylation sites (N-methyl/N-ethyl adjacent to an activating group) is 1. The molecule has 0 radical (unpaired) electrons. The van der Waals surface area contributed by atoms with Crippen LogP contribution >= 0.6 is 0 Å². The van der Waals surface area contributed by atoms with Crippen molar-refractivity contribution in [3.63, 3.8) is 0 Å². The highest BCUT2D eigenvalue weighted by Crippen LogP contribution is 2.32. The maximum Gasteiger partial charge on any atom is 0.247 e. The monoisotopic (exact) mass is 351 g/mol. The maximum absolute atomic E-state index is 10.6. The first-order valence-electron chi connectivity index (χ1n) is 9.29. The van der Waals surface area contributed by atoms with Gasteiger partial charge in [-0.05, 0) is 49.7 Å². The Hall–Kier alpha value is -2.24. The minimum atomic E-state index is -0.579. The fraction of sp³-hybridized carbons (Fsp3) is 0.429. The van der Waals surface area contributed by atoms with E-state index in [0.29, 0.717) is 18.3 Å². The molecule has 0 bridgehead atoms. The predicted octanol–water partition coefficient (Wildman–Crippen LogP) is 4.19. The Bertz CT molecular complexity index is 899. The summed E-state index contributed by atoms with van der Waals surface area (Å²) in [5.41, 5.74) is 0.344. The van der Waals surface area contributed by atoms with E-state index in [1.807, 2.05) is 32.2 Å². The second-order valence-electron chi connectivity index (χ2n) is 7.53. The molecule has 1 aliphatic carbocycles. The molecule has 1 heterocycles. The zero-order valence-corrected chi connectivity index (χ0v) is 15.4. The molecule has 1 aliphatic rings. The van der Waals surface area contributed by atoms with Crippen LogP contribution in [-0.2, 0) is 0 Å². The molecule has 5 heteroatoms. The summed E-state index contributed by atoms with van der Waals surface area (Å²) in [6, 6.07) is 14.3. The van der Waals surface area contributed by atoms with Gasteiger partial charge in [0.25, 0.3) is 0 Å². The molecule has 1 aromatic heterocycles. The average Bonchev–Trinajstić information content (AvgIpc) is 3.30. The van der Waals surface area contributed by atoms with Crippen LogP contribution in [0.2, 0.25) is 0 Å². The zero-order valence-electron chi connectivity index (χ0n) is 15.4. The van der Waals surface area contributed by atoms with Gasteiger partial charge in [0.2, 0.25) is 11.8 Å². The SMILES string of the molecule is CC(c1nnc(-c2ccc3ccccc3c2)o1)N(C)CC1(O)CCCC1. The van der Waals surface area contributed by atoms with E-state index in [4.69, 9.17) is 4.42 Å². The van der Waals surface area contributed by atoms with Crippen molar-refractivity contribution in [3.8, 4) is 11.5 Å². The highest BCUT2D eigenvalue weighted by Gasteiger charge is 2.34. The van der Waals surface area contributed by atoms with Gasteiger partial charge in [-0.15, -0.1) is 10.2 Å². The largest absolute Gasteiger partial charge is 0.419 e. The van der Waals surface area contributed by atoms with E-state index in [0.717, 1.165) is 36.6 Å². The molecule has 1 unspecified atom stereocenters. The maximum atomic E-state index is 10.6. The molecule has 0 amide bonds. The van der Waals surface area contributed by atoms with Crippen molar-refractivity contribution >= 4 is 10.8 Å². The van der Waals surface area contributed by atoms with Crippen molar-refractivity contribution in [3.05, 3.63) is 48.4 Å². The van der Waals surface area contributed by atoms with E-state index in [9.17, 15) is 5.11 Å². The molecule has 3 aromatic rings. The highest BCUT2D eigenvalue weighted by molar-refractivity contribution is 5.86. The summed E-state index contributed by atoms with van der Waals surface area (Å²) in [4.78, 5) is 2.10. The van der Waals surface area contributed by atoms with Crippen LogP contribution in [0.4, 0.5) is 0 Å². The Labute approximate surface area is 153 Å². The van der Waals surface area contributed by atoms with Gasteiger partial charge >= 0.3 is 0 Å². The minimum absolute atomic E-state index is 0.0404. The lowest BCUT2D eigenvalue weighted by molar-refractivity contribution is 0.00421. The summed E-state index contributed by atoms with van der Waals surface area (Å²) in [6.45, 7) is 2.66. The molecule has 2 aromatic carbocycles. The highest BCUT2D eigenvalue weighted by atomic mass is 16.4. The summed E-state index contributed by atoms with van der Waals surface area (Å²) >= 11 is 0. The minimum Gasteiger partial charge on any atom is -0.419 e. The molecular weight excluding hydrogens is 326 g/mol. The van der Waals surface area contributed by atoms with Crippen molar-refractivity contribution in [2.24, 2.45) is 0 Å². The van der Waals surface area contributed by atoms with Crippen LogP contribution in [0.15, 0.2) is 46.9 Å². The molecular formula is C21H25N3O2. The van der Waals surface area contributed by atoms with Crippen LogP contribution in [0, 0.1) is 0 Å². The van der Waals surface area contributed by atoms with Crippen LogP contribution < -0.4 is 0 Å². The third kappa shape index (κ3) is 3.37. The Morgan fingerprint density at radius 1 is 1.12 bits per heavy atom. The van der Waals surface area contributed by atoms with Gasteiger partial charge in [0.05, 0.1) is 11.6 Å². The molecule has 5 nitrogen and oxygen atoms in total. The quantitative estimate of drug-likeness (QED) is 0.747. The number of rotatable bonds is 5. The van der Waals surface area contributed by atoms with Crippen LogP contribution in [-0.4, -0.2) is 39.4 Å². The third-order valence-electron chi connectivity index (χ3n) is 5.53. The van der Waals surface area contributed by atoms with E-state index in [1.54, 1.807) is 0 Å². The van der Waals surface area contributed by atoms with E-state index < -0.39 is 5.60 Å². The van der Waals surface area contributed by atoms with Gasteiger partial charge in [-0.2, -0.15) is 0 Å². The van der Waals surface area contributed by atoms with Crippen molar-refractivity contribution in [2.75, 3.05) is 13.6 Å². The zero-order chi connectivity index (χ0) is 18.1. The third-order valence-corrected chi connectivity index (χ3v) is 5.53. The summed E-state index contributed by atoms with van der Waals surface area (Å²) < 4.78 is 5.95. The first-order valence-corrected chi connectivity index (χ1v) is 9.29. The first kappa shape index (κ1) is 17.2. The number of hydrogen-bond acceptors (Lipinski definition) is 5. The van der Waals surface area contributed by atoms with Gasteiger partial charge in [0.1, 0.15) is 0 Å². The Kier molecular flexibility index (Phi) is 4.51. The van der Waals surface area contributed by atoms with Gasteiger partial charge in [0.15, 0.2) is 0 Å². The standard InChI is InChI=1S/C21H25N3O2/c1-15(24(2)14-21(25)11-5-6-12-21)19-22-23-20(26-19)18-10-9-16-7-3-4-8-17(16)13-18/h3-4,7-10,13,15,25H,5-6,11-12,14H2,1-2H3. The van der Waals surface area contributed by atoms with Gasteiger partial charge in [0, 0.05) is 12.1 Å². The number of aliphatic hydroxyl groups is 1. The van der Waals surface area contributed by atoms with E-state index in [1.165, 1.54) is 5.39 Å². The normalized spacial score (nSPS) is 17.8. The molecule has 4 rings (SSSR count). The van der Waals surface area contributed by atoms with Crippen molar-refractivity contribution < 1.29 is 9.52 Å². The fourth-order valence-electron chi connectivity index (χ4n) is 3.82. The molecule has 0 aliphatic heterocycles. The molecule has 1 fully saturated rings. The lowest BCUT2D eigenvalue weighted by Crippen LogP contribution is -2.40. The van der Waals surface area contributed by atoms with Gasteiger partial charge in [-0.1, -0.05) is 43.2 Å². The fourth-order valence-corrected chi connectivity index (χ4v) is 3.82. The lowest BCUT2D eigenvalue weighted by Gasteiger charge is -2.31. The first-order chi connectivity index (χ1) is 12.5. The number of nitrogens with zero attached hydrogens (tertiary/aromatic N) is 3. The Balaban J connectivity index is 1.52. The van der Waals surface area contributed by atoms with Gasteiger partial charge in [-0.3, -0.25) is 4.90 Å². The lowest BCUT2D eigenvalue weighted by atomic mass is 10.0. The molecule has 136 valence electrons. The second-order valence-corrected chi connectivity index (χ2v) is 7.53. The van der Waals surface area contributed by atoms with Crippen molar-refractivity contribution in [2.45, 2.75) is 44.2 Å². The molecule has 26 heavy (non-hydrogen) atoms. The Morgan fingerprint density at radius 3 is 2.62 bits per heavy atom. The summed E-state index contributed by atoms with van der Waals surface area (Å²) in [5, 5.41) is 21.5. The number of aromatic nitrogens is 2. The number of hydrogen-bond donors (Lipinski definition) is 1. The van der Waals surface area contributed by atoms with E-state index in [2.05, 4.69) is 39.4 Å². The number of benzene rings is 2. The van der Waals surface area contributed by atoms with Crippen molar-refractivity contribution in [1.29, 1.82) is 0 Å². The van der Waals surface area contributed by atoms with Crippen LogP contribution in [0.1, 0.15) is 44.5 Å². The molecule has 1 atom stereocenters. The van der Waals surface area contributed by atoms with Crippen LogP contribution in [0.3, 0.4) is 0 Å². The topological polar surface area (TPSA) is 62.4 Å². The molecule has 0 saturated heterocycles. The number of fused-ring (bicyclic) bond motifs is 1. The molecule has 1 N–H and O–H groups in total. The van der Waals surface area contributed by atoms with E-state index >= 15 is 0 Å². The van der Waals surface area contributed by atoms with Gasteiger partial charge < -0.3 is 9.52 Å². The summed E-state index contributed by atoms with van der Waals surface area (Å²) in [6.07, 6.45) is 3.95. The van der Waals surface area contributed by atoms with Gasteiger partial charge in [-0.25, -0.2) is 0 Å². The van der Waals surface area contributed by atoms with E-state index in [-0.39, 0.29) is 6.04 Å². The second kappa shape index (κ2) is 6.82. The summed E-state index contributed by atoms with van der Waals surface area (Å²) in [5.74, 6) is 1.11. The van der Waals surface area contributed by atoms with Crippen LogP contribution in [0.25, 0.3) is 22.2 Å². The van der Waals surface area contributed by atoms with Crippen molar-refractivity contribution in [1.82, 2.24) is 15.1 Å². The molecule has 0 spiro atoms. The average molecular weight is 351 g/mol. The summed E-state index contributed by atoms with van der Waals surface area (Å²) in [7, 11) is 2.00. The van der Waals surface area contributed by atoms with Crippen LogP contribution in [0.5, 0.6) is 0 Å². The molecule has 1 saturated carbocycles. The Morgan fingerprint density at radius 2 is 1.85 bits per heavy atom. The smallest absolute Gasteiger partial charge is 0.247 e. The predicted molar refractivity (Wildman–Crippen MR) is 102 cm³/mol.